The highest BCUT2D eigenvalue weighted by molar-refractivity contribution is 9.11. The molecule has 0 aliphatic heterocycles. The van der Waals surface area contributed by atoms with Gasteiger partial charge in [0.2, 0.25) is 6.41 Å². The fraction of sp³-hybridized carbons (Fsp3) is 0.118. The van der Waals surface area contributed by atoms with Crippen LogP contribution >= 0.6 is 132 Å². The van der Waals surface area contributed by atoms with Gasteiger partial charge in [-0.25, -0.2) is 0 Å². The molecule has 0 fully saturated rings. The van der Waals surface area contributed by atoms with Crippen LogP contribution in [0.5, 0.6) is 0 Å². The predicted octanol–water partition coefficient (Wildman–Crippen LogP) is 17.1. The van der Waals surface area contributed by atoms with E-state index in [2.05, 4.69) is 220 Å². The Morgan fingerprint density at radius 1 is 0.636 bits per heavy atom. The van der Waals surface area contributed by atoms with Crippen LogP contribution in [0.25, 0.3) is 43.1 Å². The molecular formula is C51H39Br6N5OS3. The number of aromatic amines is 1. The van der Waals surface area contributed by atoms with Crippen molar-refractivity contribution in [2.24, 2.45) is 0 Å². The van der Waals surface area contributed by atoms with Crippen molar-refractivity contribution in [1.29, 1.82) is 5.26 Å². The van der Waals surface area contributed by atoms with Gasteiger partial charge in [-0.3, -0.25) is 14.5 Å². The number of hydrogen-bond acceptors (Lipinski definition) is 6. The molecule has 0 saturated heterocycles. The molecule has 66 heavy (non-hydrogen) atoms. The van der Waals surface area contributed by atoms with Crippen molar-refractivity contribution >= 4 is 186 Å². The van der Waals surface area contributed by atoms with E-state index < -0.39 is 0 Å². The van der Waals surface area contributed by atoms with Gasteiger partial charge in [0.05, 0.1) is 6.54 Å². The number of amides is 1. The minimum absolute atomic E-state index is 0.479. The number of thiocyanates is 1. The minimum Gasteiger partial charge on any atom is -0.354 e. The van der Waals surface area contributed by atoms with Gasteiger partial charge in [-0.2, -0.15) is 5.26 Å². The van der Waals surface area contributed by atoms with E-state index >= 15 is 0 Å². The summed E-state index contributed by atoms with van der Waals surface area (Å²) in [6, 6.07) is 50.0. The molecule has 0 saturated carbocycles. The van der Waals surface area contributed by atoms with Gasteiger partial charge in [0.15, 0.2) is 9.50 Å². The van der Waals surface area contributed by atoms with E-state index in [-0.39, 0.29) is 0 Å². The summed E-state index contributed by atoms with van der Waals surface area (Å²) >= 11 is 32.8. The van der Waals surface area contributed by atoms with Gasteiger partial charge in [0, 0.05) is 40.4 Å². The molecule has 0 radical (unpaired) electrons. The molecule has 0 bridgehead atoms. The second-order valence-corrected chi connectivity index (χ2v) is 20.9. The normalized spacial score (nSPS) is 10.6. The van der Waals surface area contributed by atoms with Gasteiger partial charge < -0.3 is 5.32 Å². The van der Waals surface area contributed by atoms with Crippen LogP contribution in [0.2, 0.25) is 0 Å². The smallest absolute Gasteiger partial charge is 0.207 e. The molecule has 0 aliphatic carbocycles. The molecule has 15 heteroatoms. The van der Waals surface area contributed by atoms with E-state index in [1.165, 1.54) is 77.1 Å². The number of benzene rings is 8. The van der Waals surface area contributed by atoms with Gasteiger partial charge in [-0.1, -0.05) is 213 Å². The number of aromatic nitrogens is 3. The average Bonchev–Trinajstić information content (AvgIpc) is 3.67. The monoisotopic (exact) mass is 1310 g/mol. The Labute approximate surface area is 449 Å². The van der Waals surface area contributed by atoms with Gasteiger partial charge in [0.25, 0.3) is 0 Å². The van der Waals surface area contributed by atoms with Crippen LogP contribution in [0.4, 0.5) is 0 Å². The number of carbonyl (C=O) groups is 1. The van der Waals surface area contributed by atoms with Gasteiger partial charge in [0.1, 0.15) is 5.40 Å². The lowest BCUT2D eigenvalue weighted by Gasteiger charge is -2.09. The second kappa shape index (κ2) is 26.3. The maximum absolute atomic E-state index is 10.2. The molecule has 1 heterocycles. The summed E-state index contributed by atoms with van der Waals surface area (Å²) in [5, 5.41) is 30.9. The lowest BCUT2D eigenvalue weighted by molar-refractivity contribution is -0.109. The van der Waals surface area contributed by atoms with Gasteiger partial charge in [-0.15, -0.1) is 5.10 Å². The molecular weight excluding hydrogens is 1270 g/mol. The summed E-state index contributed by atoms with van der Waals surface area (Å²) in [7, 11) is 0. The number of rotatable bonds is 11. The van der Waals surface area contributed by atoms with Crippen molar-refractivity contribution in [3.63, 3.8) is 0 Å². The highest BCUT2D eigenvalue weighted by atomic mass is 79.9. The fourth-order valence-corrected chi connectivity index (χ4v) is 10.9. The Balaban J connectivity index is 0.000000147. The Hall–Kier alpha value is -3.56. The first kappa shape index (κ1) is 51.8. The number of thioether (sulfide) groups is 1. The van der Waals surface area contributed by atoms with Crippen LogP contribution in [0.3, 0.4) is 0 Å². The Kier molecular flexibility index (Phi) is 20.6. The standard InChI is InChI=1S/C15H14BrNOS.C13H9Br2N3S.C12H8BrNS.C11H8Br2/c16-15-8-6-11(5-7-12(19)9-17-10-18)13-3-1-2-4-14(13)15;14-11-6-5-8(9-3-1-2-4-10(9)11)7-18-12(15)16-17-13(18)19;13-12-6-5-9(7-15-8-14)10-3-1-2-4-11(10)12;12-7-8-5-6-11(13)10-4-2-1-3-9(8)10/h1-4,6,8,10H,5,7,9H2,(H,17,18);1-6H,7H2,(H,17,19);1-6H,7H2;1-6H,7H2. The van der Waals surface area contributed by atoms with Gasteiger partial charge >= 0.3 is 0 Å². The number of fused-ring (bicyclic) bond motifs is 4. The van der Waals surface area contributed by atoms with Crippen molar-refractivity contribution in [2.75, 3.05) is 6.54 Å². The van der Waals surface area contributed by atoms with E-state index in [4.69, 9.17) is 29.7 Å². The number of hydrogen-bond donors (Lipinski definition) is 2. The van der Waals surface area contributed by atoms with Crippen LogP contribution in [0.15, 0.2) is 168 Å². The first-order valence-electron chi connectivity index (χ1n) is 20.2. The molecule has 1 amide bonds. The van der Waals surface area contributed by atoms with Crippen molar-refractivity contribution in [3.8, 4) is 5.40 Å². The number of alkyl halides is 1. The van der Waals surface area contributed by atoms with E-state index in [1.54, 1.807) is 0 Å². The molecule has 0 aliphatic rings. The van der Waals surface area contributed by atoms with Crippen molar-refractivity contribution in [1.82, 2.24) is 20.1 Å². The predicted molar refractivity (Wildman–Crippen MR) is 305 cm³/mol. The summed E-state index contributed by atoms with van der Waals surface area (Å²) in [4.78, 5) is 11.1. The molecule has 9 aromatic rings. The zero-order chi connectivity index (χ0) is 47.0. The highest BCUT2D eigenvalue weighted by Gasteiger charge is 2.09. The third-order valence-electron chi connectivity index (χ3n) is 10.4. The molecule has 8 aromatic carbocycles. The number of aryl methyl sites for hydroxylation is 1. The number of nitrogens with one attached hydrogen (secondary N) is 2. The third-order valence-corrected chi connectivity index (χ3v) is 15.6. The summed E-state index contributed by atoms with van der Waals surface area (Å²) in [5.74, 6) is 0.740. The lowest BCUT2D eigenvalue weighted by Crippen LogP contribution is -2.20. The molecule has 0 atom stereocenters. The molecule has 1 aromatic heterocycles. The summed E-state index contributed by atoms with van der Waals surface area (Å²) in [5.41, 5.74) is 5.03. The summed E-state index contributed by atoms with van der Waals surface area (Å²) in [6.07, 6.45) is 2.39. The number of halogens is 6. The lowest BCUT2D eigenvalue weighted by atomic mass is 10.0. The maximum atomic E-state index is 10.2. The van der Waals surface area contributed by atoms with Gasteiger partial charge in [-0.05, 0) is 142 Å². The Morgan fingerprint density at radius 2 is 1.05 bits per heavy atom. The van der Waals surface area contributed by atoms with E-state index in [1.807, 2.05) is 47.0 Å². The van der Waals surface area contributed by atoms with Crippen LogP contribution in [-0.4, -0.2) is 32.6 Å². The third kappa shape index (κ3) is 13.8. The van der Waals surface area contributed by atoms with E-state index in [0.717, 1.165) is 46.7 Å². The highest BCUT2D eigenvalue weighted by Crippen LogP contribution is 2.31. The molecule has 2 N–H and O–H groups in total. The van der Waals surface area contributed by atoms with Crippen molar-refractivity contribution in [2.45, 2.75) is 30.5 Å². The fourth-order valence-electron chi connectivity index (χ4n) is 7.13. The quantitative estimate of drug-likeness (QED) is 0.0581. The molecule has 0 spiro atoms. The number of carbonyl (C=O) groups excluding carboxylic acids is 1. The van der Waals surface area contributed by atoms with Crippen molar-refractivity contribution in [3.05, 3.63) is 195 Å². The SMILES string of the molecule is BrCc1ccc(Br)c2ccccc12.N#CSCc1ccc(Br)c2ccccc12.O=CNCC(=S)CCc1ccc(Br)c2ccccc12.S=c1[nH]nc(Br)n1Cc1ccc(Br)c2ccccc12. The zero-order valence-electron chi connectivity index (χ0n) is 34.9. The number of thiocarbonyl (C=S) groups is 1. The maximum Gasteiger partial charge on any atom is 0.207 e. The number of H-pyrrole nitrogens is 1. The first-order valence-corrected chi connectivity index (χ1v) is 27.1. The van der Waals surface area contributed by atoms with E-state index in [0.29, 0.717) is 29.0 Å². The molecule has 334 valence electrons. The van der Waals surface area contributed by atoms with Crippen LogP contribution in [0.1, 0.15) is 28.7 Å². The molecule has 9 rings (SSSR count). The van der Waals surface area contributed by atoms with Crippen molar-refractivity contribution < 1.29 is 4.79 Å². The molecule has 6 nitrogen and oxygen atoms in total. The Morgan fingerprint density at radius 3 is 1.48 bits per heavy atom. The molecule has 0 unspecified atom stereocenters. The largest absolute Gasteiger partial charge is 0.354 e. The number of nitrogens with zero attached hydrogens (tertiary/aromatic N) is 3. The minimum atomic E-state index is 0.479. The Bertz CT molecular complexity index is 3240. The average molecular weight is 1310 g/mol. The topological polar surface area (TPSA) is 86.5 Å². The van der Waals surface area contributed by atoms with Crippen LogP contribution in [0, 0.1) is 15.4 Å². The summed E-state index contributed by atoms with van der Waals surface area (Å²) in [6.45, 7) is 1.16. The number of nitriles is 1. The first-order chi connectivity index (χ1) is 32.0. The van der Waals surface area contributed by atoms with Crippen LogP contribution < -0.4 is 5.32 Å². The second-order valence-electron chi connectivity index (χ2n) is 14.4. The van der Waals surface area contributed by atoms with E-state index in [9.17, 15) is 4.79 Å². The van der Waals surface area contributed by atoms with Crippen LogP contribution in [-0.2, 0) is 28.8 Å². The summed E-state index contributed by atoms with van der Waals surface area (Å²) < 4.78 is 7.71. The zero-order valence-corrected chi connectivity index (χ0v) is 46.9.